The number of nitriles is 1. The number of aliphatic imine (C=N–C) groups is 1. The van der Waals surface area contributed by atoms with Crippen LogP contribution in [0.25, 0.3) is 0 Å². The first kappa shape index (κ1) is 38.4. The molecule has 15 nitrogen and oxygen atoms in total. The fraction of sp³-hybridized carbons (Fsp3) is 0.697. The zero-order chi connectivity index (χ0) is 35.9. The molecule has 2 aliphatic heterocycles. The number of amidine groups is 1. The second kappa shape index (κ2) is 15.5. The Morgan fingerprint density at radius 2 is 1.79 bits per heavy atom. The fourth-order valence-corrected chi connectivity index (χ4v) is 5.36. The molecule has 266 valence electrons. The molecule has 0 saturated carbocycles. The van der Waals surface area contributed by atoms with Gasteiger partial charge in [0, 0.05) is 0 Å². The molecule has 2 aliphatic rings. The molecule has 2 amide bonds. The van der Waals surface area contributed by atoms with E-state index in [-0.39, 0.29) is 30.4 Å². The summed E-state index contributed by atoms with van der Waals surface area (Å²) < 4.78 is 34.9. The number of hydrogen-bond donors (Lipinski definition) is 4. The summed E-state index contributed by atoms with van der Waals surface area (Å²) in [5.41, 5.74) is -2.71. The third-order valence-electron chi connectivity index (χ3n) is 7.54. The molecule has 3 heterocycles. The van der Waals surface area contributed by atoms with Crippen molar-refractivity contribution in [3.63, 3.8) is 0 Å². The highest BCUT2D eigenvalue weighted by Gasteiger charge is 2.65. The molecule has 0 radical (unpaired) electrons. The number of nitrogens with one attached hydrogen (secondary N) is 4. The highest BCUT2D eigenvalue weighted by atomic mass is 16.8. The van der Waals surface area contributed by atoms with Crippen molar-refractivity contribution in [2.24, 2.45) is 10.4 Å². The Bertz CT molecular complexity index is 1390. The third kappa shape index (κ3) is 9.77. The molecule has 5 atom stereocenters. The van der Waals surface area contributed by atoms with Gasteiger partial charge in [0.2, 0.25) is 5.60 Å². The molecule has 3 rings (SSSR count). The van der Waals surface area contributed by atoms with E-state index in [9.17, 15) is 19.6 Å². The molecule has 0 bridgehead atoms. The maximum Gasteiger partial charge on any atom is 0.412 e. The monoisotopic (exact) mass is 674 g/mol. The molecule has 1 aromatic heterocycles. The van der Waals surface area contributed by atoms with Crippen LogP contribution in [0, 0.1) is 22.2 Å². The van der Waals surface area contributed by atoms with Crippen molar-refractivity contribution >= 4 is 30.3 Å². The third-order valence-corrected chi connectivity index (χ3v) is 7.54. The zero-order valence-corrected chi connectivity index (χ0v) is 29.4. The van der Waals surface area contributed by atoms with Crippen LogP contribution in [-0.4, -0.2) is 84.3 Å². The number of rotatable bonds is 12. The predicted molar refractivity (Wildman–Crippen MR) is 174 cm³/mol. The number of fused-ring (bicyclic) bond motifs is 1. The number of ether oxygens (including phenoxy) is 6. The van der Waals surface area contributed by atoms with E-state index in [0.717, 1.165) is 32.0 Å². The minimum atomic E-state index is -1.75. The summed E-state index contributed by atoms with van der Waals surface area (Å²) in [4.78, 5) is 45.3. The number of carbonyl (C=O) groups is 3. The molecule has 1 aromatic rings. The average molecular weight is 675 g/mol. The molecule has 2 saturated heterocycles. The van der Waals surface area contributed by atoms with Crippen molar-refractivity contribution in [3.05, 3.63) is 23.5 Å². The van der Waals surface area contributed by atoms with Crippen LogP contribution in [0.15, 0.2) is 17.1 Å². The lowest BCUT2D eigenvalue weighted by atomic mass is 9.87. The van der Waals surface area contributed by atoms with Crippen molar-refractivity contribution in [2.75, 3.05) is 13.2 Å². The number of alkyl carbamates (subject to hydrolysis) is 2. The van der Waals surface area contributed by atoms with Crippen LogP contribution in [-0.2, 0) is 38.8 Å². The summed E-state index contributed by atoms with van der Waals surface area (Å²) >= 11 is 0. The minimum absolute atomic E-state index is 0.00226. The van der Waals surface area contributed by atoms with Gasteiger partial charge in [0.25, 0.3) is 0 Å². The van der Waals surface area contributed by atoms with Gasteiger partial charge in [0.15, 0.2) is 11.6 Å². The van der Waals surface area contributed by atoms with Gasteiger partial charge in [-0.25, -0.2) is 19.4 Å². The maximum atomic E-state index is 13.3. The van der Waals surface area contributed by atoms with Crippen molar-refractivity contribution < 1.29 is 42.8 Å². The number of esters is 1. The second-order valence-corrected chi connectivity index (χ2v) is 14.3. The van der Waals surface area contributed by atoms with Gasteiger partial charge < -0.3 is 38.7 Å². The summed E-state index contributed by atoms with van der Waals surface area (Å²) in [6, 6.07) is 4.31. The Morgan fingerprint density at radius 1 is 1.08 bits per heavy atom. The average Bonchev–Trinajstić information content (AvgIpc) is 3.66. The van der Waals surface area contributed by atoms with Crippen molar-refractivity contribution in [1.82, 2.24) is 15.6 Å². The number of H-pyrrole nitrogens is 1. The van der Waals surface area contributed by atoms with Crippen molar-refractivity contribution in [3.8, 4) is 6.07 Å². The van der Waals surface area contributed by atoms with Gasteiger partial charge in [0.05, 0.1) is 18.0 Å². The Hall–Kier alpha value is -4.00. The number of aromatic amines is 1. The van der Waals surface area contributed by atoms with Gasteiger partial charge in [-0.15, -0.1) is 0 Å². The lowest BCUT2D eigenvalue weighted by Gasteiger charge is -2.31. The molecule has 0 unspecified atom stereocenters. The maximum absolute atomic E-state index is 13.3. The van der Waals surface area contributed by atoms with Crippen molar-refractivity contribution in [1.29, 1.82) is 10.7 Å². The van der Waals surface area contributed by atoms with Gasteiger partial charge in [-0.1, -0.05) is 47.0 Å². The van der Waals surface area contributed by atoms with E-state index in [4.69, 9.17) is 33.8 Å². The largest absolute Gasteiger partial charge is 0.461 e. The topological polar surface area (TPSA) is 206 Å². The van der Waals surface area contributed by atoms with Gasteiger partial charge >= 0.3 is 18.2 Å². The van der Waals surface area contributed by atoms with Crippen LogP contribution >= 0.6 is 0 Å². The van der Waals surface area contributed by atoms with Gasteiger partial charge in [-0.05, 0) is 58.6 Å². The van der Waals surface area contributed by atoms with E-state index in [0.29, 0.717) is 0 Å². The van der Waals surface area contributed by atoms with Crippen molar-refractivity contribution in [2.45, 2.75) is 129 Å². The number of hydrogen-bond acceptors (Lipinski definition) is 11. The summed E-state index contributed by atoms with van der Waals surface area (Å²) in [5.74, 6) is -1.82. The first-order valence-corrected chi connectivity index (χ1v) is 16.2. The summed E-state index contributed by atoms with van der Waals surface area (Å²) in [6.07, 6.45) is 0.315. The standard InChI is InChI=1S/C33H50N6O9/c1-10-11-12-13-16-43-28(41)39-26(36-19-35)20-14-15-22(37-20)33(18-34)25-23(46-32(8,9)47-25)21(45-33)17-44-27(40)24(30(2,3)4)38-29(42)48-31(5,6)7/h14-15,19,21,23-25,37H,10-13,16-17H2,1-9H3,(H,38,42)(H2,35,36,39,41)/t21-,23-,24-,25-,33+/m1/s1. The molecule has 0 aromatic carbocycles. The van der Waals surface area contributed by atoms with Gasteiger partial charge in [0.1, 0.15) is 49.0 Å². The molecule has 15 heteroatoms. The van der Waals surface area contributed by atoms with E-state index in [1.165, 1.54) is 0 Å². The van der Waals surface area contributed by atoms with Gasteiger partial charge in [-0.3, -0.25) is 10.7 Å². The Kier molecular flexibility index (Phi) is 12.4. The van der Waals surface area contributed by atoms with E-state index in [1.807, 2.05) is 0 Å². The molecule has 48 heavy (non-hydrogen) atoms. The van der Waals surface area contributed by atoms with Crippen LogP contribution in [0.3, 0.4) is 0 Å². The van der Waals surface area contributed by atoms with Crippen LogP contribution in [0.5, 0.6) is 0 Å². The number of nitrogens with zero attached hydrogens (tertiary/aromatic N) is 2. The Morgan fingerprint density at radius 3 is 2.40 bits per heavy atom. The van der Waals surface area contributed by atoms with Crippen LogP contribution in [0.2, 0.25) is 0 Å². The van der Waals surface area contributed by atoms with E-state index < -0.39 is 64.9 Å². The number of carbonyl (C=O) groups excluding carboxylic acids is 3. The minimum Gasteiger partial charge on any atom is -0.461 e. The molecular weight excluding hydrogens is 624 g/mol. The lowest BCUT2D eigenvalue weighted by Crippen LogP contribution is -2.51. The normalized spacial score (nSPS) is 24.2. The summed E-state index contributed by atoms with van der Waals surface area (Å²) in [7, 11) is 0. The molecule has 2 fully saturated rings. The van der Waals surface area contributed by atoms with Gasteiger partial charge in [-0.2, -0.15) is 5.26 Å². The second-order valence-electron chi connectivity index (χ2n) is 14.3. The first-order valence-electron chi connectivity index (χ1n) is 16.2. The highest BCUT2D eigenvalue weighted by Crippen LogP contribution is 2.48. The Balaban J connectivity index is 1.80. The predicted octanol–water partition coefficient (Wildman–Crippen LogP) is 4.80. The fourth-order valence-electron chi connectivity index (χ4n) is 5.36. The van der Waals surface area contributed by atoms with Crippen LogP contribution in [0.1, 0.15) is 99.4 Å². The molecule has 0 aliphatic carbocycles. The quantitative estimate of drug-likeness (QED) is 0.0783. The highest BCUT2D eigenvalue weighted by molar-refractivity contribution is 6.07. The summed E-state index contributed by atoms with van der Waals surface area (Å²) in [5, 5.41) is 23.2. The Labute approximate surface area is 281 Å². The molecule has 4 N–H and O–H groups in total. The zero-order valence-electron chi connectivity index (χ0n) is 29.4. The number of unbranched alkanes of at least 4 members (excludes halogenated alkanes) is 3. The first-order chi connectivity index (χ1) is 22.4. The number of aromatic nitrogens is 1. The summed E-state index contributed by atoms with van der Waals surface area (Å²) in [6.45, 7) is 15.9. The number of amides is 2. The van der Waals surface area contributed by atoms with E-state index in [2.05, 4.69) is 33.6 Å². The lowest BCUT2D eigenvalue weighted by molar-refractivity contribution is -0.207. The molecular formula is C33H50N6O9. The van der Waals surface area contributed by atoms with E-state index >= 15 is 0 Å². The van der Waals surface area contributed by atoms with Crippen LogP contribution < -0.4 is 10.6 Å². The van der Waals surface area contributed by atoms with E-state index in [1.54, 1.807) is 67.5 Å². The smallest absolute Gasteiger partial charge is 0.412 e. The molecule has 0 spiro atoms. The van der Waals surface area contributed by atoms with Crippen LogP contribution in [0.4, 0.5) is 9.59 Å². The SMILES string of the molecule is CCCCCCOC(=O)NC(=NC=N)c1ccc([C@]2(C#N)O[C@H](COC(=O)[C@@H](NC(=O)OC(C)(C)C)C(C)(C)C)[C@H]3OC(C)(C)O[C@H]32)[nH]1.